The van der Waals surface area contributed by atoms with E-state index in [1.807, 2.05) is 6.07 Å². The highest BCUT2D eigenvalue weighted by Crippen LogP contribution is 2.33. The summed E-state index contributed by atoms with van der Waals surface area (Å²) in [5.74, 6) is 0.784. The average Bonchev–Trinajstić information content (AvgIpc) is 2.52. The molecule has 23 heavy (non-hydrogen) atoms. The van der Waals surface area contributed by atoms with E-state index in [4.69, 9.17) is 11.2 Å². The highest BCUT2D eigenvalue weighted by Gasteiger charge is 2.10. The number of aryl methyl sites for hydroxylation is 1. The molecule has 1 aromatic carbocycles. The van der Waals surface area contributed by atoms with Crippen LogP contribution in [0.3, 0.4) is 0 Å². The first-order valence-corrected chi connectivity index (χ1v) is 10.4. The van der Waals surface area contributed by atoms with E-state index in [2.05, 4.69) is 51.0 Å². The lowest BCUT2D eigenvalue weighted by Gasteiger charge is -2.10. The number of unbranched alkanes of at least 4 members (excludes halogenated alkanes) is 9. The van der Waals surface area contributed by atoms with Gasteiger partial charge in [-0.15, -0.1) is 0 Å². The zero-order valence-corrected chi connectivity index (χ0v) is 17.3. The summed E-state index contributed by atoms with van der Waals surface area (Å²) < 4.78 is 7.29. The highest BCUT2D eigenvalue weighted by molar-refractivity contribution is 9.11. The van der Waals surface area contributed by atoms with Crippen LogP contribution in [0.1, 0.15) is 76.7 Å². The van der Waals surface area contributed by atoms with Gasteiger partial charge < -0.3 is 4.74 Å². The molecule has 0 unspecified atom stereocenters. The lowest BCUT2D eigenvalue weighted by molar-refractivity contribution is 0.505. The van der Waals surface area contributed by atoms with E-state index in [1.165, 1.54) is 69.8 Å². The van der Waals surface area contributed by atoms with Crippen LogP contribution < -0.4 is 4.74 Å². The third kappa shape index (κ3) is 8.82. The van der Waals surface area contributed by atoms with Gasteiger partial charge in [-0.3, -0.25) is 0 Å². The van der Waals surface area contributed by atoms with E-state index in [0.29, 0.717) is 0 Å². The second kappa shape index (κ2) is 12.9. The van der Waals surface area contributed by atoms with Crippen LogP contribution in [0.4, 0.5) is 0 Å². The van der Waals surface area contributed by atoms with Crippen molar-refractivity contribution in [2.45, 2.75) is 77.6 Å². The zero-order valence-electron chi connectivity index (χ0n) is 14.2. The summed E-state index contributed by atoms with van der Waals surface area (Å²) in [4.78, 5) is 0. The van der Waals surface area contributed by atoms with Gasteiger partial charge in [0.2, 0.25) is 0 Å². The van der Waals surface area contributed by atoms with Gasteiger partial charge in [-0.2, -0.15) is 0 Å². The van der Waals surface area contributed by atoms with E-state index >= 15 is 0 Å². The number of hydrogen-bond acceptors (Lipinski definition) is 1. The molecule has 0 amide bonds. The number of ether oxygens (including phenoxy) is 1. The second-order valence-corrected chi connectivity index (χ2v) is 7.80. The number of terminal acetylenes is 1. The molecule has 128 valence electrons. The molecule has 0 atom stereocenters. The summed E-state index contributed by atoms with van der Waals surface area (Å²) in [7, 11) is 0. The van der Waals surface area contributed by atoms with Gasteiger partial charge in [-0.25, -0.2) is 0 Å². The van der Waals surface area contributed by atoms with Crippen molar-refractivity contribution >= 4 is 31.9 Å². The van der Waals surface area contributed by atoms with Crippen molar-refractivity contribution in [3.05, 3.63) is 26.6 Å². The third-order valence-corrected chi connectivity index (χ3v) is 5.09. The molecule has 0 radical (unpaired) electrons. The summed E-state index contributed by atoms with van der Waals surface area (Å²) in [5.41, 5.74) is 1.17. The van der Waals surface area contributed by atoms with E-state index in [-0.39, 0.29) is 0 Å². The Balaban J connectivity index is 2.22. The number of benzene rings is 1. The molecule has 1 aromatic rings. The van der Waals surface area contributed by atoms with Gasteiger partial charge in [-0.05, 0) is 46.5 Å². The fraction of sp³-hybridized carbons (Fsp3) is 0.600. The normalized spacial score (nSPS) is 10.5. The highest BCUT2D eigenvalue weighted by atomic mass is 79.9. The molecular formula is C20H28Br2O. The number of hydrogen-bond donors (Lipinski definition) is 0. The minimum Gasteiger partial charge on any atom is -0.406 e. The van der Waals surface area contributed by atoms with Gasteiger partial charge in [-0.1, -0.05) is 87.1 Å². The van der Waals surface area contributed by atoms with Crippen LogP contribution in [0.2, 0.25) is 0 Å². The lowest BCUT2D eigenvalue weighted by atomic mass is 10.0. The van der Waals surface area contributed by atoms with Gasteiger partial charge in [0.25, 0.3) is 0 Å². The topological polar surface area (TPSA) is 9.23 Å². The molecule has 0 saturated carbocycles. The van der Waals surface area contributed by atoms with Gasteiger partial charge >= 0.3 is 0 Å². The average molecular weight is 444 g/mol. The Morgan fingerprint density at radius 3 is 2.04 bits per heavy atom. The molecular weight excluding hydrogens is 416 g/mol. The summed E-state index contributed by atoms with van der Waals surface area (Å²) in [6, 6.07) is 4.07. The molecule has 0 heterocycles. The van der Waals surface area contributed by atoms with E-state index < -0.39 is 0 Å². The predicted octanol–water partition coefficient (Wildman–Crippen LogP) is 7.64. The first kappa shape index (κ1) is 20.6. The summed E-state index contributed by atoms with van der Waals surface area (Å²) in [6.45, 7) is 2.27. The number of halogens is 2. The SMILES string of the molecule is C#COc1c(Br)cc(Br)cc1CCCCCCCCCCCC. The van der Waals surface area contributed by atoms with Gasteiger partial charge in [0.05, 0.1) is 4.47 Å². The monoisotopic (exact) mass is 442 g/mol. The van der Waals surface area contributed by atoms with Crippen LogP contribution in [0.5, 0.6) is 5.75 Å². The first-order chi connectivity index (χ1) is 11.2. The van der Waals surface area contributed by atoms with Crippen LogP contribution in [-0.2, 0) is 6.42 Å². The first-order valence-electron chi connectivity index (χ1n) is 8.79. The van der Waals surface area contributed by atoms with Gasteiger partial charge in [0.1, 0.15) is 6.11 Å². The largest absolute Gasteiger partial charge is 0.406 e. The van der Waals surface area contributed by atoms with Gasteiger partial charge in [0, 0.05) is 4.47 Å². The summed E-state index contributed by atoms with van der Waals surface area (Å²) in [6.07, 6.45) is 22.0. The standard InChI is InChI=1S/C20H28Br2O/c1-3-5-6-7-8-9-10-11-12-13-14-17-15-18(21)16-19(22)20(17)23-4-2/h2,15-16H,3,5-14H2,1H3. The lowest BCUT2D eigenvalue weighted by Crippen LogP contribution is -1.94. The molecule has 0 aliphatic heterocycles. The van der Waals surface area contributed by atoms with Crippen LogP contribution in [-0.4, -0.2) is 0 Å². The second-order valence-electron chi connectivity index (χ2n) is 6.03. The minimum atomic E-state index is 0.784. The predicted molar refractivity (Wildman–Crippen MR) is 107 cm³/mol. The number of rotatable bonds is 12. The van der Waals surface area contributed by atoms with Crippen LogP contribution in [0, 0.1) is 12.5 Å². The van der Waals surface area contributed by atoms with Crippen LogP contribution >= 0.6 is 31.9 Å². The Bertz CT molecular complexity index is 491. The smallest absolute Gasteiger partial charge is 0.157 e. The molecule has 0 aliphatic rings. The van der Waals surface area contributed by atoms with Crippen molar-refractivity contribution in [1.82, 2.24) is 0 Å². The maximum Gasteiger partial charge on any atom is 0.157 e. The molecule has 0 spiro atoms. The Morgan fingerprint density at radius 1 is 0.913 bits per heavy atom. The Hall–Kier alpha value is -0.460. The van der Waals surface area contributed by atoms with Crippen LogP contribution in [0.25, 0.3) is 0 Å². The molecule has 0 bridgehead atoms. The minimum absolute atomic E-state index is 0.784. The van der Waals surface area contributed by atoms with Crippen molar-refractivity contribution in [2.24, 2.45) is 0 Å². The summed E-state index contributed by atoms with van der Waals surface area (Å²) >= 11 is 7.05. The Labute approximate surface area is 158 Å². The van der Waals surface area contributed by atoms with Crippen molar-refractivity contribution in [3.8, 4) is 18.3 Å². The van der Waals surface area contributed by atoms with Crippen molar-refractivity contribution in [3.63, 3.8) is 0 Å². The Kier molecular flexibility index (Phi) is 11.5. The maximum absolute atomic E-state index is 5.33. The molecule has 1 rings (SSSR count). The molecule has 1 nitrogen and oxygen atoms in total. The van der Waals surface area contributed by atoms with Crippen molar-refractivity contribution in [1.29, 1.82) is 0 Å². The molecule has 0 saturated heterocycles. The third-order valence-electron chi connectivity index (χ3n) is 4.05. The molecule has 0 N–H and O–H groups in total. The van der Waals surface area contributed by atoms with Crippen molar-refractivity contribution in [2.75, 3.05) is 0 Å². The zero-order chi connectivity index (χ0) is 16.9. The molecule has 3 heteroatoms. The molecule has 0 aromatic heterocycles. The quantitative estimate of drug-likeness (QED) is 0.238. The van der Waals surface area contributed by atoms with E-state index in [9.17, 15) is 0 Å². The fourth-order valence-electron chi connectivity index (χ4n) is 2.78. The maximum atomic E-state index is 5.33. The van der Waals surface area contributed by atoms with Gasteiger partial charge in [0.15, 0.2) is 5.75 Å². The van der Waals surface area contributed by atoms with Crippen LogP contribution in [0.15, 0.2) is 21.1 Å². The molecule has 0 fully saturated rings. The fourth-order valence-corrected chi connectivity index (χ4v) is 4.17. The summed E-state index contributed by atoms with van der Waals surface area (Å²) in [5, 5.41) is 0. The van der Waals surface area contributed by atoms with E-state index in [1.54, 1.807) is 0 Å². The molecule has 0 aliphatic carbocycles. The van der Waals surface area contributed by atoms with Crippen molar-refractivity contribution < 1.29 is 4.74 Å². The van der Waals surface area contributed by atoms with E-state index in [0.717, 1.165) is 21.1 Å². The Morgan fingerprint density at radius 2 is 1.48 bits per heavy atom.